The van der Waals surface area contributed by atoms with Crippen molar-refractivity contribution in [3.63, 3.8) is 0 Å². The summed E-state index contributed by atoms with van der Waals surface area (Å²) in [6.45, 7) is 4.22. The quantitative estimate of drug-likeness (QED) is 0.492. The predicted molar refractivity (Wildman–Crippen MR) is 95.8 cm³/mol. The lowest BCUT2D eigenvalue weighted by molar-refractivity contribution is -0.119. The zero-order valence-corrected chi connectivity index (χ0v) is 14.8. The predicted octanol–water partition coefficient (Wildman–Crippen LogP) is 5.76. The second-order valence-electron chi connectivity index (χ2n) is 6.77. The van der Waals surface area contributed by atoms with E-state index < -0.39 is 0 Å². The molecule has 0 spiro atoms. The second kappa shape index (κ2) is 9.96. The van der Waals surface area contributed by atoms with Crippen molar-refractivity contribution in [1.82, 2.24) is 0 Å². The maximum absolute atomic E-state index is 12.2. The van der Waals surface area contributed by atoms with E-state index >= 15 is 0 Å². The van der Waals surface area contributed by atoms with Crippen LogP contribution in [-0.4, -0.2) is 5.78 Å². The highest BCUT2D eigenvalue weighted by Gasteiger charge is 2.10. The van der Waals surface area contributed by atoms with Crippen LogP contribution in [0.1, 0.15) is 57.1 Å². The lowest BCUT2D eigenvalue weighted by Crippen LogP contribution is -2.06. The maximum atomic E-state index is 12.2. The minimum Gasteiger partial charge on any atom is -0.472 e. The summed E-state index contributed by atoms with van der Waals surface area (Å²) >= 11 is 0. The Balaban J connectivity index is 1.60. The second-order valence-corrected chi connectivity index (χ2v) is 6.77. The molecular formula is C21H28O3. The molecule has 0 radical (unpaired) electrons. The van der Waals surface area contributed by atoms with Gasteiger partial charge in [-0.05, 0) is 68.2 Å². The standard InChI is InChI=1S/C21H28O3/c1-17(5-3-7-19-9-11-23-15-19)13-21(22)14-18(2)6-4-8-20-10-12-24-16-20/h5,9-12,15-16,18H,3-4,6-8,13-14H2,1-2H3/b17-5-. The minimum atomic E-state index is 0.350. The van der Waals surface area contributed by atoms with Gasteiger partial charge in [0.1, 0.15) is 5.78 Å². The van der Waals surface area contributed by atoms with Gasteiger partial charge in [-0.15, -0.1) is 0 Å². The molecule has 0 aliphatic rings. The van der Waals surface area contributed by atoms with Gasteiger partial charge < -0.3 is 8.83 Å². The Morgan fingerprint density at radius 2 is 1.79 bits per heavy atom. The number of allylic oxidation sites excluding steroid dienone is 2. The fourth-order valence-electron chi connectivity index (χ4n) is 2.96. The van der Waals surface area contributed by atoms with Crippen LogP contribution in [-0.2, 0) is 17.6 Å². The van der Waals surface area contributed by atoms with Crippen LogP contribution in [0.3, 0.4) is 0 Å². The summed E-state index contributed by atoms with van der Waals surface area (Å²) in [5.74, 6) is 0.797. The summed E-state index contributed by atoms with van der Waals surface area (Å²) in [5, 5.41) is 0. The van der Waals surface area contributed by atoms with Gasteiger partial charge in [0.25, 0.3) is 0 Å². The molecule has 0 bridgehead atoms. The molecule has 3 heteroatoms. The van der Waals surface area contributed by atoms with Gasteiger partial charge in [0.2, 0.25) is 0 Å². The Morgan fingerprint density at radius 1 is 1.12 bits per heavy atom. The number of ketones is 1. The van der Waals surface area contributed by atoms with Crippen LogP contribution >= 0.6 is 0 Å². The lowest BCUT2D eigenvalue weighted by atomic mass is 9.94. The van der Waals surface area contributed by atoms with Crippen LogP contribution in [0.25, 0.3) is 0 Å². The molecule has 0 aliphatic carbocycles. The van der Waals surface area contributed by atoms with Gasteiger partial charge in [-0.25, -0.2) is 0 Å². The average molecular weight is 328 g/mol. The Morgan fingerprint density at radius 3 is 2.42 bits per heavy atom. The molecule has 0 N–H and O–H groups in total. The first kappa shape index (κ1) is 18.3. The van der Waals surface area contributed by atoms with Crippen molar-refractivity contribution < 1.29 is 13.6 Å². The van der Waals surface area contributed by atoms with Gasteiger partial charge in [-0.2, -0.15) is 0 Å². The van der Waals surface area contributed by atoms with Crippen molar-refractivity contribution >= 4 is 5.78 Å². The number of rotatable bonds is 11. The molecule has 0 saturated carbocycles. The summed E-state index contributed by atoms with van der Waals surface area (Å²) in [4.78, 5) is 12.2. The summed E-state index contributed by atoms with van der Waals surface area (Å²) in [7, 11) is 0. The third-order valence-corrected chi connectivity index (χ3v) is 4.30. The van der Waals surface area contributed by atoms with E-state index in [1.807, 2.05) is 12.1 Å². The number of carbonyl (C=O) groups is 1. The minimum absolute atomic E-state index is 0.350. The highest BCUT2D eigenvalue weighted by Crippen LogP contribution is 2.17. The Labute approximate surface area is 144 Å². The van der Waals surface area contributed by atoms with Crippen molar-refractivity contribution in [3.05, 3.63) is 60.0 Å². The molecule has 2 aromatic rings. The van der Waals surface area contributed by atoms with E-state index in [0.29, 0.717) is 24.5 Å². The SMILES string of the molecule is C/C(=C/CCc1ccoc1)CC(=O)CC(C)CCCc1ccoc1. The molecule has 0 saturated heterocycles. The monoisotopic (exact) mass is 328 g/mol. The van der Waals surface area contributed by atoms with Crippen LogP contribution < -0.4 is 0 Å². The number of aryl methyl sites for hydroxylation is 2. The Kier molecular flexibility index (Phi) is 7.60. The zero-order chi connectivity index (χ0) is 17.2. The van der Waals surface area contributed by atoms with Gasteiger partial charge in [0, 0.05) is 12.8 Å². The zero-order valence-electron chi connectivity index (χ0n) is 14.8. The highest BCUT2D eigenvalue weighted by atomic mass is 16.3. The van der Waals surface area contributed by atoms with Gasteiger partial charge in [-0.3, -0.25) is 4.79 Å². The number of Topliss-reactive ketones (excluding diaryl/α,β-unsaturated/α-hetero) is 1. The molecule has 1 atom stereocenters. The van der Waals surface area contributed by atoms with E-state index in [9.17, 15) is 4.79 Å². The van der Waals surface area contributed by atoms with Crippen molar-refractivity contribution in [3.8, 4) is 0 Å². The molecular weight excluding hydrogens is 300 g/mol. The van der Waals surface area contributed by atoms with E-state index in [0.717, 1.165) is 32.1 Å². The van der Waals surface area contributed by atoms with Gasteiger partial charge in [0.05, 0.1) is 25.1 Å². The van der Waals surface area contributed by atoms with Crippen LogP contribution in [0.5, 0.6) is 0 Å². The Hall–Kier alpha value is -2.03. The highest BCUT2D eigenvalue weighted by molar-refractivity contribution is 5.80. The smallest absolute Gasteiger partial charge is 0.137 e. The molecule has 3 nitrogen and oxygen atoms in total. The average Bonchev–Trinajstić information content (AvgIpc) is 3.20. The largest absolute Gasteiger partial charge is 0.472 e. The van der Waals surface area contributed by atoms with E-state index in [-0.39, 0.29) is 0 Å². The fourth-order valence-corrected chi connectivity index (χ4v) is 2.96. The van der Waals surface area contributed by atoms with E-state index in [1.165, 1.54) is 16.7 Å². The third-order valence-electron chi connectivity index (χ3n) is 4.30. The van der Waals surface area contributed by atoms with Crippen LogP contribution in [0, 0.1) is 5.92 Å². The van der Waals surface area contributed by atoms with Crippen LogP contribution in [0.15, 0.2) is 57.7 Å². The molecule has 2 rings (SSSR count). The van der Waals surface area contributed by atoms with E-state index in [1.54, 1.807) is 25.1 Å². The van der Waals surface area contributed by atoms with Crippen molar-refractivity contribution in [2.75, 3.05) is 0 Å². The number of hydrogen-bond acceptors (Lipinski definition) is 3. The van der Waals surface area contributed by atoms with Crippen molar-refractivity contribution in [1.29, 1.82) is 0 Å². The Bertz CT molecular complexity index is 606. The summed E-state index contributed by atoms with van der Waals surface area (Å²) in [6.07, 6.45) is 15.6. The molecule has 2 heterocycles. The molecule has 130 valence electrons. The van der Waals surface area contributed by atoms with Crippen molar-refractivity contribution in [2.45, 2.75) is 58.8 Å². The molecule has 1 unspecified atom stereocenters. The van der Waals surface area contributed by atoms with Crippen LogP contribution in [0.2, 0.25) is 0 Å². The number of hydrogen-bond donors (Lipinski definition) is 0. The maximum Gasteiger partial charge on any atom is 0.137 e. The molecule has 0 aliphatic heterocycles. The topological polar surface area (TPSA) is 43.4 Å². The summed E-state index contributed by atoms with van der Waals surface area (Å²) in [5.41, 5.74) is 3.62. The van der Waals surface area contributed by atoms with E-state index in [4.69, 9.17) is 8.83 Å². The van der Waals surface area contributed by atoms with Gasteiger partial charge >= 0.3 is 0 Å². The first-order valence-corrected chi connectivity index (χ1v) is 8.83. The molecule has 0 amide bonds. The molecule has 0 fully saturated rings. The van der Waals surface area contributed by atoms with Gasteiger partial charge in [-0.1, -0.05) is 18.6 Å². The lowest BCUT2D eigenvalue weighted by Gasteiger charge is -2.10. The van der Waals surface area contributed by atoms with Crippen LogP contribution in [0.4, 0.5) is 0 Å². The van der Waals surface area contributed by atoms with Crippen molar-refractivity contribution in [2.24, 2.45) is 5.92 Å². The van der Waals surface area contributed by atoms with E-state index in [2.05, 4.69) is 19.9 Å². The molecule has 24 heavy (non-hydrogen) atoms. The number of carbonyl (C=O) groups excluding carboxylic acids is 1. The first-order valence-electron chi connectivity index (χ1n) is 8.83. The van der Waals surface area contributed by atoms with Gasteiger partial charge in [0.15, 0.2) is 0 Å². The fraction of sp³-hybridized carbons (Fsp3) is 0.476. The third kappa shape index (κ3) is 7.03. The normalized spacial score (nSPS) is 13.2. The molecule has 2 aromatic heterocycles. The summed E-state index contributed by atoms with van der Waals surface area (Å²) < 4.78 is 10.1. The summed E-state index contributed by atoms with van der Waals surface area (Å²) in [6, 6.07) is 3.99. The number of furan rings is 2. The first-order chi connectivity index (χ1) is 11.6. The molecule has 0 aromatic carbocycles.